The molecule has 0 saturated carbocycles. The van der Waals surface area contributed by atoms with Crippen molar-refractivity contribution < 1.29 is 4.79 Å². The lowest BCUT2D eigenvalue weighted by molar-refractivity contribution is -0.119. The van der Waals surface area contributed by atoms with E-state index in [1.165, 1.54) is 0 Å². The average Bonchev–Trinajstić information content (AvgIpc) is 2.25. The molecule has 1 amide bonds. The number of amides is 1. The molecule has 0 aliphatic rings. The van der Waals surface area contributed by atoms with Gasteiger partial charge in [0.05, 0.1) is 6.54 Å². The lowest BCUT2D eigenvalue weighted by Crippen LogP contribution is -2.39. The predicted molar refractivity (Wildman–Crippen MR) is 76.4 cm³/mol. The third-order valence-electron chi connectivity index (χ3n) is 2.87. The van der Waals surface area contributed by atoms with E-state index < -0.39 is 0 Å². The molecular formula is C12H18Cl2N4O. The van der Waals surface area contributed by atoms with Crippen molar-refractivity contribution in [2.24, 2.45) is 5.73 Å². The molecule has 0 aliphatic heterocycles. The highest BCUT2D eigenvalue weighted by Crippen LogP contribution is 2.19. The summed E-state index contributed by atoms with van der Waals surface area (Å²) in [7, 11) is 0. The summed E-state index contributed by atoms with van der Waals surface area (Å²) in [5.41, 5.74) is 6.84. The number of nitrogens with two attached hydrogens (primary N) is 1. The van der Waals surface area contributed by atoms with Crippen molar-refractivity contribution >= 4 is 29.1 Å². The molecule has 1 rings (SSSR count). The van der Waals surface area contributed by atoms with Gasteiger partial charge in [-0.2, -0.15) is 0 Å². The second kappa shape index (κ2) is 7.03. The molecule has 0 saturated heterocycles. The highest BCUT2D eigenvalue weighted by molar-refractivity contribution is 6.32. The maximum atomic E-state index is 11.0. The van der Waals surface area contributed by atoms with Crippen LogP contribution in [0.25, 0.3) is 0 Å². The zero-order valence-corrected chi connectivity index (χ0v) is 12.8. The second-order valence-corrected chi connectivity index (χ2v) is 5.32. The molecule has 2 N–H and O–H groups in total. The smallest absolute Gasteiger partial charge is 0.231 e. The molecule has 5 nitrogen and oxygen atoms in total. The SMILES string of the molecule is Cc1nc(Cl)nc(Cl)c1CCN(CC(N)=O)C(C)C. The Bertz CT molecular complexity index is 442. The molecule has 19 heavy (non-hydrogen) atoms. The molecule has 0 atom stereocenters. The molecule has 0 aliphatic carbocycles. The van der Waals surface area contributed by atoms with Gasteiger partial charge in [-0.15, -0.1) is 0 Å². The Hall–Kier alpha value is -0.910. The number of carbonyl (C=O) groups excluding carboxylic acids is 1. The van der Waals surface area contributed by atoms with Crippen LogP contribution in [0.4, 0.5) is 0 Å². The first-order valence-corrected chi connectivity index (χ1v) is 6.77. The third-order valence-corrected chi connectivity index (χ3v) is 3.36. The quantitative estimate of drug-likeness (QED) is 0.643. The van der Waals surface area contributed by atoms with Crippen molar-refractivity contribution in [3.8, 4) is 0 Å². The second-order valence-electron chi connectivity index (χ2n) is 4.63. The predicted octanol–water partition coefficient (Wildman–Crippen LogP) is 1.83. The number of aromatic nitrogens is 2. The molecule has 0 unspecified atom stereocenters. The monoisotopic (exact) mass is 304 g/mol. The number of nitrogens with zero attached hydrogens (tertiary/aromatic N) is 3. The molecule has 1 aromatic heterocycles. The Kier molecular flexibility index (Phi) is 5.97. The van der Waals surface area contributed by atoms with Gasteiger partial charge in [0.15, 0.2) is 0 Å². The lowest BCUT2D eigenvalue weighted by atomic mass is 10.1. The molecule has 0 aromatic carbocycles. The number of carbonyl (C=O) groups is 1. The van der Waals surface area contributed by atoms with E-state index in [9.17, 15) is 4.79 Å². The van der Waals surface area contributed by atoms with Crippen LogP contribution >= 0.6 is 23.2 Å². The van der Waals surface area contributed by atoms with E-state index in [-0.39, 0.29) is 23.8 Å². The Balaban J connectivity index is 2.77. The Labute approximate surface area is 123 Å². The zero-order valence-electron chi connectivity index (χ0n) is 11.3. The standard InChI is InChI=1S/C12H18Cl2N4O/c1-7(2)18(6-10(15)19)5-4-9-8(3)16-12(14)17-11(9)13/h7H,4-6H2,1-3H3,(H2,15,19). The maximum absolute atomic E-state index is 11.0. The Morgan fingerprint density at radius 3 is 2.47 bits per heavy atom. The Morgan fingerprint density at radius 2 is 2.00 bits per heavy atom. The van der Waals surface area contributed by atoms with E-state index in [4.69, 9.17) is 28.9 Å². The molecule has 7 heteroatoms. The molecule has 1 heterocycles. The first-order chi connectivity index (χ1) is 8.81. The van der Waals surface area contributed by atoms with Crippen LogP contribution in [0.5, 0.6) is 0 Å². The molecular weight excluding hydrogens is 287 g/mol. The minimum absolute atomic E-state index is 0.143. The fraction of sp³-hybridized carbons (Fsp3) is 0.583. The molecule has 1 aromatic rings. The van der Waals surface area contributed by atoms with Crippen LogP contribution in [0.1, 0.15) is 25.1 Å². The van der Waals surface area contributed by atoms with Gasteiger partial charge >= 0.3 is 0 Å². The van der Waals surface area contributed by atoms with Gasteiger partial charge in [-0.25, -0.2) is 9.97 Å². The summed E-state index contributed by atoms with van der Waals surface area (Å²) in [4.78, 5) is 21.0. The van der Waals surface area contributed by atoms with Gasteiger partial charge in [-0.1, -0.05) is 11.6 Å². The van der Waals surface area contributed by atoms with Crippen molar-refractivity contribution in [3.63, 3.8) is 0 Å². The van der Waals surface area contributed by atoms with Crippen molar-refractivity contribution in [1.82, 2.24) is 14.9 Å². The molecule has 0 spiro atoms. The van der Waals surface area contributed by atoms with Gasteiger partial charge in [0.2, 0.25) is 11.2 Å². The number of halogens is 2. The van der Waals surface area contributed by atoms with Crippen LogP contribution in [0.15, 0.2) is 0 Å². The summed E-state index contributed by atoms with van der Waals surface area (Å²) in [5, 5.41) is 0.504. The third kappa shape index (κ3) is 4.93. The summed E-state index contributed by atoms with van der Waals surface area (Å²) in [6.07, 6.45) is 0.646. The van der Waals surface area contributed by atoms with Crippen LogP contribution in [-0.2, 0) is 11.2 Å². The average molecular weight is 305 g/mol. The van der Waals surface area contributed by atoms with Crippen molar-refractivity contribution in [3.05, 3.63) is 21.7 Å². The number of aryl methyl sites for hydroxylation is 1. The molecule has 0 bridgehead atoms. The first-order valence-electron chi connectivity index (χ1n) is 6.02. The number of primary amides is 1. The fourth-order valence-corrected chi connectivity index (χ4v) is 2.35. The van der Waals surface area contributed by atoms with Crippen molar-refractivity contribution in [1.29, 1.82) is 0 Å². The largest absolute Gasteiger partial charge is 0.369 e. The minimum Gasteiger partial charge on any atom is -0.369 e. The number of hydrogen-bond acceptors (Lipinski definition) is 4. The molecule has 106 valence electrons. The van der Waals surface area contributed by atoms with Gasteiger partial charge in [0.1, 0.15) is 5.15 Å². The first kappa shape index (κ1) is 16.1. The fourth-order valence-electron chi connectivity index (χ4n) is 1.79. The van der Waals surface area contributed by atoms with E-state index in [1.54, 1.807) is 0 Å². The van der Waals surface area contributed by atoms with E-state index in [2.05, 4.69) is 9.97 Å². The summed E-state index contributed by atoms with van der Waals surface area (Å²) < 4.78 is 0. The van der Waals surface area contributed by atoms with Crippen molar-refractivity contribution in [2.45, 2.75) is 33.2 Å². The van der Waals surface area contributed by atoms with E-state index in [0.29, 0.717) is 18.1 Å². The minimum atomic E-state index is -0.344. The van der Waals surface area contributed by atoms with Crippen molar-refractivity contribution in [2.75, 3.05) is 13.1 Å². The summed E-state index contributed by atoms with van der Waals surface area (Å²) in [5.74, 6) is -0.344. The summed E-state index contributed by atoms with van der Waals surface area (Å²) >= 11 is 11.8. The highest BCUT2D eigenvalue weighted by atomic mass is 35.5. The van der Waals surface area contributed by atoms with Crippen LogP contribution in [0.2, 0.25) is 10.4 Å². The van der Waals surface area contributed by atoms with E-state index >= 15 is 0 Å². The summed E-state index contributed by atoms with van der Waals surface area (Å²) in [6.45, 7) is 6.74. The van der Waals surface area contributed by atoms with Crippen LogP contribution in [0.3, 0.4) is 0 Å². The van der Waals surface area contributed by atoms with E-state index in [1.807, 2.05) is 25.7 Å². The lowest BCUT2D eigenvalue weighted by Gasteiger charge is -2.25. The normalized spacial score (nSPS) is 11.3. The maximum Gasteiger partial charge on any atom is 0.231 e. The van der Waals surface area contributed by atoms with Gasteiger partial charge < -0.3 is 5.73 Å². The van der Waals surface area contributed by atoms with Crippen LogP contribution < -0.4 is 5.73 Å². The molecule has 0 radical (unpaired) electrons. The Morgan fingerprint density at radius 1 is 1.37 bits per heavy atom. The van der Waals surface area contributed by atoms with Crippen LogP contribution in [0, 0.1) is 6.92 Å². The topological polar surface area (TPSA) is 72.1 Å². The highest BCUT2D eigenvalue weighted by Gasteiger charge is 2.15. The van der Waals surface area contributed by atoms with Crippen LogP contribution in [-0.4, -0.2) is 39.9 Å². The van der Waals surface area contributed by atoms with Gasteiger partial charge in [0.25, 0.3) is 0 Å². The zero-order chi connectivity index (χ0) is 14.6. The molecule has 0 fully saturated rings. The van der Waals surface area contributed by atoms with Gasteiger partial charge in [0, 0.05) is 23.8 Å². The van der Waals surface area contributed by atoms with E-state index in [0.717, 1.165) is 11.3 Å². The van der Waals surface area contributed by atoms with Gasteiger partial charge in [-0.05, 0) is 38.8 Å². The summed E-state index contributed by atoms with van der Waals surface area (Å²) in [6, 6.07) is 0.222. The number of hydrogen-bond donors (Lipinski definition) is 1. The number of rotatable bonds is 6. The van der Waals surface area contributed by atoms with Gasteiger partial charge in [-0.3, -0.25) is 9.69 Å².